The van der Waals surface area contributed by atoms with Crippen molar-refractivity contribution in [1.82, 2.24) is 9.38 Å². The number of esters is 1. The number of benzene rings is 1. The van der Waals surface area contributed by atoms with Gasteiger partial charge in [0, 0.05) is 23.2 Å². The van der Waals surface area contributed by atoms with Crippen LogP contribution in [0.25, 0.3) is 5.52 Å². The fourth-order valence-corrected chi connectivity index (χ4v) is 3.04. The van der Waals surface area contributed by atoms with E-state index in [1.807, 2.05) is 28.8 Å². The minimum atomic E-state index is -0.628. The Hall–Kier alpha value is -2.87. The van der Waals surface area contributed by atoms with Gasteiger partial charge in [-0.1, -0.05) is 17.8 Å². The summed E-state index contributed by atoms with van der Waals surface area (Å²) >= 11 is 1.24. The van der Waals surface area contributed by atoms with E-state index < -0.39 is 10.9 Å². The first-order valence-corrected chi connectivity index (χ1v) is 7.38. The minimum absolute atomic E-state index is 0.138. The summed E-state index contributed by atoms with van der Waals surface area (Å²) in [6.07, 6.45) is 3.57. The van der Waals surface area contributed by atoms with Gasteiger partial charge in [0.05, 0.1) is 29.3 Å². The summed E-state index contributed by atoms with van der Waals surface area (Å²) in [4.78, 5) is 27.1. The predicted molar refractivity (Wildman–Crippen MR) is 83.8 cm³/mol. The van der Waals surface area contributed by atoms with E-state index in [-0.39, 0.29) is 11.3 Å². The molecule has 2 aromatic heterocycles. The number of ether oxygens (including phenoxy) is 1. The number of carbonyl (C=O) groups is 1. The van der Waals surface area contributed by atoms with Gasteiger partial charge in [-0.05, 0) is 18.2 Å². The van der Waals surface area contributed by atoms with Gasteiger partial charge in [-0.25, -0.2) is 9.78 Å². The highest BCUT2D eigenvalue weighted by Crippen LogP contribution is 2.32. The van der Waals surface area contributed by atoms with Crippen molar-refractivity contribution in [2.24, 2.45) is 0 Å². The van der Waals surface area contributed by atoms with E-state index in [0.717, 1.165) is 5.52 Å². The van der Waals surface area contributed by atoms with Gasteiger partial charge in [0.2, 0.25) is 0 Å². The summed E-state index contributed by atoms with van der Waals surface area (Å²) in [5.41, 5.74) is 0.888. The Kier molecular flexibility index (Phi) is 3.98. The normalized spacial score (nSPS) is 10.7. The lowest BCUT2D eigenvalue weighted by Gasteiger charge is -2.07. The molecule has 2 heterocycles. The lowest BCUT2D eigenvalue weighted by molar-refractivity contribution is -0.384. The molecule has 0 N–H and O–H groups in total. The second kappa shape index (κ2) is 6.09. The summed E-state index contributed by atoms with van der Waals surface area (Å²) in [6, 6.07) is 9.77. The lowest BCUT2D eigenvalue weighted by Crippen LogP contribution is -2.04. The number of rotatable bonds is 4. The van der Waals surface area contributed by atoms with E-state index in [4.69, 9.17) is 4.74 Å². The molecule has 116 valence electrons. The van der Waals surface area contributed by atoms with Crippen LogP contribution >= 0.6 is 11.8 Å². The Morgan fingerprint density at radius 1 is 1.35 bits per heavy atom. The summed E-state index contributed by atoms with van der Waals surface area (Å²) in [7, 11) is 1.24. The number of aromatic nitrogens is 2. The first kappa shape index (κ1) is 15.0. The van der Waals surface area contributed by atoms with Crippen LogP contribution in [0.4, 0.5) is 5.69 Å². The van der Waals surface area contributed by atoms with Crippen LogP contribution in [-0.4, -0.2) is 27.4 Å². The minimum Gasteiger partial charge on any atom is -0.465 e. The number of imidazole rings is 1. The first-order valence-electron chi connectivity index (χ1n) is 6.57. The number of hydrogen-bond donors (Lipinski definition) is 0. The predicted octanol–water partition coefficient (Wildman–Crippen LogP) is 3.18. The second-order valence-electron chi connectivity index (χ2n) is 4.57. The van der Waals surface area contributed by atoms with E-state index in [1.165, 1.54) is 37.1 Å². The summed E-state index contributed by atoms with van der Waals surface area (Å²) in [5.74, 6) is -0.628. The summed E-state index contributed by atoms with van der Waals surface area (Å²) < 4.78 is 6.58. The number of carbonyl (C=O) groups excluding carboxylic acids is 1. The molecule has 0 spiro atoms. The van der Waals surface area contributed by atoms with Gasteiger partial charge >= 0.3 is 5.97 Å². The van der Waals surface area contributed by atoms with Crippen LogP contribution in [0.1, 0.15) is 10.4 Å². The van der Waals surface area contributed by atoms with Crippen molar-refractivity contribution in [1.29, 1.82) is 0 Å². The largest absolute Gasteiger partial charge is 0.465 e. The van der Waals surface area contributed by atoms with Gasteiger partial charge in [0.25, 0.3) is 5.69 Å². The van der Waals surface area contributed by atoms with Crippen molar-refractivity contribution in [2.75, 3.05) is 7.11 Å². The van der Waals surface area contributed by atoms with Gasteiger partial charge < -0.3 is 4.74 Å². The van der Waals surface area contributed by atoms with E-state index in [9.17, 15) is 14.9 Å². The van der Waals surface area contributed by atoms with E-state index in [1.54, 1.807) is 6.20 Å². The number of nitrogens with zero attached hydrogens (tertiary/aromatic N) is 3. The average molecular weight is 329 g/mol. The van der Waals surface area contributed by atoms with Crippen molar-refractivity contribution < 1.29 is 14.5 Å². The number of pyridine rings is 1. The van der Waals surface area contributed by atoms with Gasteiger partial charge in [0.1, 0.15) is 0 Å². The third-order valence-corrected chi connectivity index (χ3v) is 4.25. The zero-order chi connectivity index (χ0) is 16.4. The third kappa shape index (κ3) is 2.88. The molecule has 1 aromatic carbocycles. The molecule has 0 bridgehead atoms. The first-order chi connectivity index (χ1) is 11.1. The third-order valence-electron chi connectivity index (χ3n) is 3.19. The smallest absolute Gasteiger partial charge is 0.339 e. The maximum atomic E-state index is 11.9. The molecule has 0 aliphatic carbocycles. The molecular weight excluding hydrogens is 318 g/mol. The van der Waals surface area contributed by atoms with Crippen LogP contribution in [0.2, 0.25) is 0 Å². The number of methoxy groups -OCH3 is 1. The number of nitro benzene ring substituents is 1. The molecule has 8 heteroatoms. The second-order valence-corrected chi connectivity index (χ2v) is 5.58. The summed E-state index contributed by atoms with van der Waals surface area (Å²) in [6.45, 7) is 0. The van der Waals surface area contributed by atoms with Gasteiger partial charge in [0.15, 0.2) is 5.16 Å². The van der Waals surface area contributed by atoms with Crippen LogP contribution in [0.5, 0.6) is 0 Å². The van der Waals surface area contributed by atoms with Crippen LogP contribution in [0, 0.1) is 10.1 Å². The maximum absolute atomic E-state index is 11.9. The van der Waals surface area contributed by atoms with Gasteiger partial charge in [-0.2, -0.15) is 0 Å². The highest BCUT2D eigenvalue weighted by atomic mass is 32.2. The van der Waals surface area contributed by atoms with Crippen LogP contribution < -0.4 is 0 Å². The topological polar surface area (TPSA) is 86.7 Å². The van der Waals surface area contributed by atoms with Crippen LogP contribution in [-0.2, 0) is 4.74 Å². The number of hydrogen-bond acceptors (Lipinski definition) is 6. The Balaban J connectivity index is 2.05. The van der Waals surface area contributed by atoms with Crippen molar-refractivity contribution in [3.63, 3.8) is 0 Å². The zero-order valence-electron chi connectivity index (χ0n) is 12.0. The molecule has 3 rings (SSSR count). The Morgan fingerprint density at radius 2 is 2.17 bits per heavy atom. The number of non-ortho nitro benzene ring substituents is 1. The molecule has 0 atom stereocenters. The number of nitro groups is 1. The van der Waals surface area contributed by atoms with Gasteiger partial charge in [-0.15, -0.1) is 0 Å². The summed E-state index contributed by atoms with van der Waals surface area (Å²) in [5, 5.41) is 11.5. The van der Waals surface area contributed by atoms with Crippen molar-refractivity contribution >= 4 is 28.9 Å². The highest BCUT2D eigenvalue weighted by molar-refractivity contribution is 7.99. The van der Waals surface area contributed by atoms with E-state index in [2.05, 4.69) is 4.98 Å². The van der Waals surface area contributed by atoms with Crippen LogP contribution in [0.15, 0.2) is 58.8 Å². The number of fused-ring (bicyclic) bond motifs is 1. The molecule has 0 saturated heterocycles. The zero-order valence-corrected chi connectivity index (χ0v) is 12.8. The van der Waals surface area contributed by atoms with Crippen molar-refractivity contribution in [3.8, 4) is 0 Å². The highest BCUT2D eigenvalue weighted by Gasteiger charge is 2.19. The monoisotopic (exact) mass is 329 g/mol. The Bertz CT molecular complexity index is 907. The molecule has 0 fully saturated rings. The molecule has 0 amide bonds. The molecule has 23 heavy (non-hydrogen) atoms. The van der Waals surface area contributed by atoms with Crippen molar-refractivity contribution in [3.05, 3.63) is 64.5 Å². The molecule has 0 saturated carbocycles. The molecule has 3 aromatic rings. The molecule has 0 aliphatic rings. The average Bonchev–Trinajstić information content (AvgIpc) is 2.97. The van der Waals surface area contributed by atoms with Gasteiger partial charge in [-0.3, -0.25) is 14.5 Å². The maximum Gasteiger partial charge on any atom is 0.339 e. The molecule has 0 radical (unpaired) electrons. The fourth-order valence-electron chi connectivity index (χ4n) is 2.08. The molecule has 7 nitrogen and oxygen atoms in total. The lowest BCUT2D eigenvalue weighted by atomic mass is 10.2. The van der Waals surface area contributed by atoms with Crippen molar-refractivity contribution in [2.45, 2.75) is 10.1 Å². The van der Waals surface area contributed by atoms with Crippen LogP contribution in [0.3, 0.4) is 0 Å². The van der Waals surface area contributed by atoms with E-state index in [0.29, 0.717) is 10.1 Å². The molecule has 0 aliphatic heterocycles. The fraction of sp³-hybridized carbons (Fsp3) is 0.0667. The SMILES string of the molecule is COC(=O)c1cc([N+](=O)[O-])ccc1Sc1ncc2ccccn12. The Morgan fingerprint density at radius 3 is 2.91 bits per heavy atom. The molecule has 0 unspecified atom stereocenters. The Labute approximate surface area is 135 Å². The standard InChI is InChI=1S/C15H11N3O4S/c1-22-14(19)12-8-10(18(20)21)5-6-13(12)23-15-16-9-11-4-2-3-7-17(11)15/h2-9H,1H3. The quantitative estimate of drug-likeness (QED) is 0.415. The molecular formula is C15H11N3O4S. The van der Waals surface area contributed by atoms with E-state index >= 15 is 0 Å².